The second-order valence-electron chi connectivity index (χ2n) is 16.7. The predicted molar refractivity (Wildman–Crippen MR) is 266 cm³/mol. The van der Waals surface area contributed by atoms with E-state index in [2.05, 4.69) is 105 Å². The van der Waals surface area contributed by atoms with Crippen LogP contribution in [-0.4, -0.2) is 134 Å². The largest absolute Gasteiger partial charge is 0.453 e. The molecule has 376 valence electrons. The van der Waals surface area contributed by atoms with E-state index in [0.29, 0.717) is 37.5 Å². The number of hydrogen-bond acceptors (Lipinski definition) is 16. The molecule has 6 N–H and O–H groups in total. The van der Waals surface area contributed by atoms with Gasteiger partial charge in [-0.05, 0) is 75.0 Å². The van der Waals surface area contributed by atoms with E-state index in [1.165, 1.54) is 43.1 Å². The maximum Gasteiger partial charge on any atom is 0.407 e. The van der Waals surface area contributed by atoms with Crippen LogP contribution in [0.4, 0.5) is 25.5 Å². The number of aliphatic hydroxyl groups is 1. The average molecular weight is 986 g/mol. The first-order valence-corrected chi connectivity index (χ1v) is 24.1. The quantitative estimate of drug-likeness (QED) is 0.0938. The van der Waals surface area contributed by atoms with Gasteiger partial charge in [-0.2, -0.15) is 0 Å². The first-order valence-electron chi connectivity index (χ1n) is 22.3. The third kappa shape index (κ3) is 16.2. The fourth-order valence-electron chi connectivity index (χ4n) is 7.91. The Labute approximate surface area is 408 Å². The number of aromatic nitrogens is 2. The molecule has 5 amide bonds. The van der Waals surface area contributed by atoms with Gasteiger partial charge in [-0.25, -0.2) is 19.6 Å². The molecule has 0 spiro atoms. The fourth-order valence-corrected chi connectivity index (χ4v) is 9.39. The Kier molecular flexibility index (Phi) is 25.0. The summed E-state index contributed by atoms with van der Waals surface area (Å²) >= 11 is 3.08. The van der Waals surface area contributed by atoms with Crippen LogP contribution in [0.5, 0.6) is 0 Å². The van der Waals surface area contributed by atoms with Gasteiger partial charge in [0.15, 0.2) is 10.3 Å². The predicted octanol–water partition coefficient (Wildman–Crippen LogP) is 6.26. The molecule has 3 saturated heterocycles. The summed E-state index contributed by atoms with van der Waals surface area (Å²) in [6, 6.07) is 7.40. The second kappa shape index (κ2) is 29.2. The lowest BCUT2D eigenvalue weighted by Gasteiger charge is -2.32. The molecule has 3 aromatic rings. The summed E-state index contributed by atoms with van der Waals surface area (Å²) in [6.07, 6.45) is 13.0. The van der Waals surface area contributed by atoms with Gasteiger partial charge < -0.3 is 60.5 Å². The van der Waals surface area contributed by atoms with E-state index in [1.807, 2.05) is 14.0 Å². The Morgan fingerprint density at radius 2 is 1.44 bits per heavy atom. The zero-order valence-corrected chi connectivity index (χ0v) is 42.6. The lowest BCUT2D eigenvalue weighted by atomic mass is 9.87. The Morgan fingerprint density at radius 1 is 0.897 bits per heavy atom. The van der Waals surface area contributed by atoms with Crippen LogP contribution in [0.15, 0.2) is 35.0 Å². The van der Waals surface area contributed by atoms with Gasteiger partial charge in [-0.15, -0.1) is 35.5 Å². The van der Waals surface area contributed by atoms with Crippen molar-refractivity contribution in [1.82, 2.24) is 25.1 Å². The number of aliphatic hydroxyl groups excluding tert-OH is 1. The van der Waals surface area contributed by atoms with E-state index in [-0.39, 0.29) is 35.2 Å². The number of methoxy groups -OCH3 is 3. The highest BCUT2D eigenvalue weighted by atomic mass is 32.1. The summed E-state index contributed by atoms with van der Waals surface area (Å²) in [5, 5.41) is 21.4. The van der Waals surface area contributed by atoms with E-state index in [1.54, 1.807) is 23.2 Å². The van der Waals surface area contributed by atoms with Crippen molar-refractivity contribution in [1.29, 1.82) is 0 Å². The number of rotatable bonds is 13. The number of anilines is 3. The molecule has 0 radical (unpaired) electrons. The minimum atomic E-state index is -0.863. The van der Waals surface area contributed by atoms with Crippen LogP contribution >= 0.6 is 22.7 Å². The summed E-state index contributed by atoms with van der Waals surface area (Å²) in [5.41, 5.74) is 8.98. The van der Waals surface area contributed by atoms with Gasteiger partial charge in [0.2, 0.25) is 17.7 Å². The number of primary amides is 1. The SMILES string of the molecule is C#C.CCCC(=O)N1CCCC1C(=O)Nc1nc([C@@H]2CC[C@@H](c3csc(NC)n3)N2c2ccc(C(C)(C)C)cc2)cs1.CO.COC(=O)N[C@H](C(=O)N1CCC[C@H]1C=O)[C@@H](C)OC.COC(N)=O. The van der Waals surface area contributed by atoms with E-state index in [4.69, 9.17) is 19.8 Å². The highest BCUT2D eigenvalue weighted by Gasteiger charge is 2.40. The number of thiazole rings is 2. The van der Waals surface area contributed by atoms with E-state index in [9.17, 15) is 28.8 Å². The number of alkyl carbamates (subject to hydrolysis) is 1. The smallest absolute Gasteiger partial charge is 0.407 e. The normalized spacial score (nSPS) is 19.1. The molecular weight excluding hydrogens is 915 g/mol. The Bertz CT molecular complexity index is 2070. The number of amides is 5. The van der Waals surface area contributed by atoms with Crippen LogP contribution in [0.3, 0.4) is 0 Å². The summed E-state index contributed by atoms with van der Waals surface area (Å²) in [5.74, 6) is -0.397. The number of carbonyl (C=O) groups excluding carboxylic acids is 6. The average Bonchev–Trinajstić information content (AvgIpc) is 4.21. The molecule has 21 heteroatoms. The van der Waals surface area contributed by atoms with Crippen molar-refractivity contribution in [2.75, 3.05) is 64.1 Å². The zero-order chi connectivity index (χ0) is 51.1. The molecule has 0 aliphatic carbocycles. The number of nitrogens with one attached hydrogen (secondary N) is 3. The van der Waals surface area contributed by atoms with Crippen molar-refractivity contribution in [3.8, 4) is 12.8 Å². The Balaban J connectivity index is 0.000000472. The summed E-state index contributed by atoms with van der Waals surface area (Å²) in [6.45, 7) is 11.5. The number of ether oxygens (including phenoxy) is 3. The third-order valence-corrected chi connectivity index (χ3v) is 13.1. The standard InChI is InChI=1S/C30H40N6O2S2.C12H20N2O5.C2H5NO2.C2H2.CH4O/c1-6-8-26(37)35-16-7-9-25(35)27(38)34-29-33-22(18-40-29)24-15-14-23(21-17-39-28(31-5)32-21)36(24)20-12-10-19(11-13-20)30(2,3)4;1-8(18-2)10(13-12(17)19-3)11(16)14-6-4-5-9(14)7-15;1-5-2(3)4;2*1-2/h10-13,17-18,23-25H,6-9,14-16H2,1-5H3,(H,31,32)(H,33,34,38);7-10H,4-6H2,1-3H3,(H,13,17);1H3,(H2,3,4);1-2H;2H,1H3/t23-,24-,25?;8-,9+,10+;;;/m01.../s1. The van der Waals surface area contributed by atoms with E-state index in [0.717, 1.165) is 67.7 Å². The minimum absolute atomic E-state index is 0.0635. The lowest BCUT2D eigenvalue weighted by molar-refractivity contribution is -0.139. The molecule has 3 aliphatic rings. The highest BCUT2D eigenvalue weighted by molar-refractivity contribution is 7.14. The van der Waals surface area contributed by atoms with Crippen LogP contribution in [0.2, 0.25) is 0 Å². The molecule has 19 nitrogen and oxygen atoms in total. The molecule has 2 aromatic heterocycles. The zero-order valence-electron chi connectivity index (χ0n) is 41.0. The van der Waals surface area contributed by atoms with Crippen molar-refractivity contribution < 1.29 is 48.1 Å². The summed E-state index contributed by atoms with van der Waals surface area (Å²) in [4.78, 5) is 85.1. The van der Waals surface area contributed by atoms with Crippen LogP contribution in [-0.2, 0) is 38.8 Å². The number of nitrogens with two attached hydrogens (primary N) is 1. The fraction of sp³-hybridized carbons (Fsp3) is 0.574. The van der Waals surface area contributed by atoms with E-state index >= 15 is 0 Å². The van der Waals surface area contributed by atoms with Crippen molar-refractivity contribution in [2.45, 2.75) is 128 Å². The van der Waals surface area contributed by atoms with Gasteiger partial charge in [-0.3, -0.25) is 14.4 Å². The number of benzene rings is 1. The number of aldehydes is 1. The van der Waals surface area contributed by atoms with Crippen molar-refractivity contribution in [3.05, 3.63) is 52.0 Å². The molecule has 6 atom stereocenters. The summed E-state index contributed by atoms with van der Waals surface area (Å²) in [7, 11) is 6.80. The van der Waals surface area contributed by atoms with E-state index < -0.39 is 36.4 Å². The lowest BCUT2D eigenvalue weighted by Crippen LogP contribution is -2.55. The summed E-state index contributed by atoms with van der Waals surface area (Å²) < 4.78 is 13.5. The van der Waals surface area contributed by atoms with Gasteiger partial charge in [0, 0.05) is 57.2 Å². The first kappa shape index (κ1) is 58.3. The first-order chi connectivity index (χ1) is 32.5. The minimum Gasteiger partial charge on any atom is -0.453 e. The third-order valence-electron chi connectivity index (χ3n) is 11.4. The highest BCUT2D eigenvalue weighted by Crippen LogP contribution is 2.48. The van der Waals surface area contributed by atoms with Crippen LogP contribution < -0.4 is 26.6 Å². The van der Waals surface area contributed by atoms with Crippen molar-refractivity contribution in [3.63, 3.8) is 0 Å². The molecule has 1 aromatic carbocycles. The van der Waals surface area contributed by atoms with Gasteiger partial charge in [-0.1, -0.05) is 39.8 Å². The number of carbonyl (C=O) groups is 6. The molecule has 5 heterocycles. The van der Waals surface area contributed by atoms with Gasteiger partial charge in [0.25, 0.3) is 0 Å². The van der Waals surface area contributed by atoms with Gasteiger partial charge in [0.05, 0.1) is 49.8 Å². The Morgan fingerprint density at radius 3 is 1.93 bits per heavy atom. The molecule has 6 rings (SSSR count). The van der Waals surface area contributed by atoms with Crippen molar-refractivity contribution >= 4 is 74.8 Å². The van der Waals surface area contributed by atoms with Crippen molar-refractivity contribution in [2.24, 2.45) is 5.73 Å². The molecule has 0 saturated carbocycles. The maximum atomic E-state index is 13.2. The van der Waals surface area contributed by atoms with Gasteiger partial charge in [0.1, 0.15) is 18.4 Å². The van der Waals surface area contributed by atoms with Gasteiger partial charge >= 0.3 is 12.2 Å². The molecule has 3 fully saturated rings. The Hall–Kier alpha value is -5.82. The number of hydrogen-bond donors (Lipinski definition) is 5. The molecule has 3 aliphatic heterocycles. The number of likely N-dealkylation sites (tertiary alicyclic amines) is 2. The molecule has 1 unspecified atom stereocenters. The number of nitrogens with zero attached hydrogens (tertiary/aromatic N) is 5. The monoisotopic (exact) mass is 985 g/mol. The second-order valence-corrected chi connectivity index (χ2v) is 18.4. The molecular formula is C47H71N9O10S2. The van der Waals surface area contributed by atoms with Crippen LogP contribution in [0, 0.1) is 12.8 Å². The van der Waals surface area contributed by atoms with Crippen LogP contribution in [0.1, 0.15) is 115 Å². The molecule has 68 heavy (non-hydrogen) atoms. The topological polar surface area (TPSA) is 248 Å². The molecule has 0 bridgehead atoms. The maximum absolute atomic E-state index is 13.2. The van der Waals surface area contributed by atoms with Crippen LogP contribution in [0.25, 0.3) is 0 Å². The number of terminal acetylenes is 1.